The summed E-state index contributed by atoms with van der Waals surface area (Å²) in [7, 11) is 1.66. The van der Waals surface area contributed by atoms with Gasteiger partial charge in [0, 0.05) is 13.7 Å². The number of benzene rings is 1. The summed E-state index contributed by atoms with van der Waals surface area (Å²) >= 11 is 0. The van der Waals surface area contributed by atoms with E-state index in [0.29, 0.717) is 36.9 Å². The van der Waals surface area contributed by atoms with E-state index in [2.05, 4.69) is 10.1 Å². The number of ether oxygens (including phenoxy) is 1. The molecule has 0 saturated carbocycles. The first-order valence-electron chi connectivity index (χ1n) is 10.9. The highest BCUT2D eigenvalue weighted by Crippen LogP contribution is 2.29. The molecule has 0 radical (unpaired) electrons. The molecule has 9 nitrogen and oxygen atoms in total. The van der Waals surface area contributed by atoms with Crippen molar-refractivity contribution in [2.75, 3.05) is 24.8 Å². The van der Waals surface area contributed by atoms with Gasteiger partial charge in [-0.1, -0.05) is 23.8 Å². The van der Waals surface area contributed by atoms with Crippen molar-refractivity contribution in [3.63, 3.8) is 0 Å². The average Bonchev–Trinajstić information content (AvgIpc) is 3.17. The number of imidazole rings is 1. The van der Waals surface area contributed by atoms with E-state index < -0.39 is 0 Å². The van der Waals surface area contributed by atoms with E-state index in [0.717, 1.165) is 22.4 Å². The number of rotatable bonds is 6. The number of aromatic nitrogens is 4. The molecule has 32 heavy (non-hydrogen) atoms. The van der Waals surface area contributed by atoms with Crippen molar-refractivity contribution in [3.05, 3.63) is 55.7 Å². The van der Waals surface area contributed by atoms with Crippen LogP contribution in [0.1, 0.15) is 43.5 Å². The van der Waals surface area contributed by atoms with Gasteiger partial charge in [0.15, 0.2) is 11.2 Å². The van der Waals surface area contributed by atoms with Crippen molar-refractivity contribution in [2.45, 2.75) is 47.2 Å². The molecule has 0 unspecified atom stereocenters. The molecule has 4 rings (SSSR count). The first-order chi connectivity index (χ1) is 15.2. The van der Waals surface area contributed by atoms with Gasteiger partial charge in [-0.05, 0) is 45.7 Å². The summed E-state index contributed by atoms with van der Waals surface area (Å²) in [5, 5.41) is 6.41. The van der Waals surface area contributed by atoms with E-state index in [1.807, 2.05) is 57.4 Å². The fourth-order valence-electron chi connectivity index (χ4n) is 4.11. The third-order valence-electron chi connectivity index (χ3n) is 6.14. The molecule has 0 bridgehead atoms. The normalized spacial score (nSPS) is 15.9. The van der Waals surface area contributed by atoms with Gasteiger partial charge >= 0.3 is 5.69 Å². The van der Waals surface area contributed by atoms with Gasteiger partial charge in [-0.15, -0.1) is 0 Å². The number of nitrogens with zero attached hydrogens (tertiary/aromatic N) is 6. The standard InChI is InChI=1S/C23H30N6O3/c1-7-32-11-10-28-22-24-20-19(29(22)17(5)16(4)25-28)21(30)27(23(31)26(20)6)13-18-12-14(2)8-9-15(18)3/h8-9,12,17H,7,10-11,13H2,1-6H3/t17-/m0/s1. The Morgan fingerprint density at radius 3 is 2.62 bits per heavy atom. The predicted octanol–water partition coefficient (Wildman–Crippen LogP) is 2.36. The monoisotopic (exact) mass is 438 g/mol. The summed E-state index contributed by atoms with van der Waals surface area (Å²) < 4.78 is 10.1. The largest absolute Gasteiger partial charge is 0.380 e. The van der Waals surface area contributed by atoms with E-state index >= 15 is 0 Å². The van der Waals surface area contributed by atoms with Gasteiger partial charge in [-0.3, -0.25) is 18.5 Å². The van der Waals surface area contributed by atoms with E-state index in [9.17, 15) is 9.59 Å². The van der Waals surface area contributed by atoms with Crippen molar-refractivity contribution in [1.82, 2.24) is 18.7 Å². The van der Waals surface area contributed by atoms with E-state index in [1.165, 1.54) is 9.13 Å². The molecule has 1 atom stereocenters. The summed E-state index contributed by atoms with van der Waals surface area (Å²) in [4.78, 5) is 31.5. The lowest BCUT2D eigenvalue weighted by atomic mass is 10.1. The van der Waals surface area contributed by atoms with Crippen LogP contribution >= 0.6 is 0 Å². The molecule has 9 heteroatoms. The first-order valence-corrected chi connectivity index (χ1v) is 10.9. The Balaban J connectivity index is 1.91. The van der Waals surface area contributed by atoms with Gasteiger partial charge in [-0.25, -0.2) is 9.80 Å². The Kier molecular flexibility index (Phi) is 5.77. The number of hydrogen-bond acceptors (Lipinski definition) is 6. The maximum Gasteiger partial charge on any atom is 0.332 e. The van der Waals surface area contributed by atoms with Crippen LogP contribution in [0, 0.1) is 13.8 Å². The second kappa shape index (κ2) is 8.38. The smallest absolute Gasteiger partial charge is 0.332 e. The zero-order chi connectivity index (χ0) is 23.2. The second-order valence-electron chi connectivity index (χ2n) is 8.35. The number of hydrogen-bond donors (Lipinski definition) is 0. The first kappa shape index (κ1) is 22.0. The van der Waals surface area contributed by atoms with Gasteiger partial charge in [0.05, 0.1) is 31.4 Å². The maximum atomic E-state index is 13.7. The zero-order valence-corrected chi connectivity index (χ0v) is 19.5. The molecule has 0 spiro atoms. The topological polar surface area (TPSA) is 86.7 Å². The molecule has 0 amide bonds. The van der Waals surface area contributed by atoms with E-state index in [4.69, 9.17) is 4.74 Å². The SMILES string of the molecule is CCOCCN1N=C(C)[C@H](C)n2c1nc1c2c(=O)n(Cc2cc(C)ccc2C)c(=O)n1C. The minimum Gasteiger partial charge on any atom is -0.380 e. The van der Waals surface area contributed by atoms with Crippen LogP contribution in [0.25, 0.3) is 11.2 Å². The van der Waals surface area contributed by atoms with Gasteiger partial charge in [0.25, 0.3) is 5.56 Å². The van der Waals surface area contributed by atoms with Gasteiger partial charge in [-0.2, -0.15) is 10.1 Å². The Morgan fingerprint density at radius 2 is 1.91 bits per heavy atom. The van der Waals surface area contributed by atoms with Crippen molar-refractivity contribution in [1.29, 1.82) is 0 Å². The fourth-order valence-corrected chi connectivity index (χ4v) is 4.11. The summed E-state index contributed by atoms with van der Waals surface area (Å²) in [6, 6.07) is 5.90. The minimum atomic E-state index is -0.384. The van der Waals surface area contributed by atoms with Crippen molar-refractivity contribution >= 4 is 22.8 Å². The molecule has 0 N–H and O–H groups in total. The number of fused-ring (bicyclic) bond motifs is 3. The molecule has 3 heterocycles. The Labute approximate surface area is 186 Å². The maximum absolute atomic E-state index is 13.7. The van der Waals surface area contributed by atoms with Crippen LogP contribution < -0.4 is 16.3 Å². The molecule has 1 aliphatic rings. The van der Waals surface area contributed by atoms with Crippen molar-refractivity contribution < 1.29 is 4.74 Å². The highest BCUT2D eigenvalue weighted by atomic mass is 16.5. The van der Waals surface area contributed by atoms with Crippen LogP contribution in [0.4, 0.5) is 5.95 Å². The highest BCUT2D eigenvalue weighted by Gasteiger charge is 2.30. The molecule has 1 aromatic carbocycles. The summed E-state index contributed by atoms with van der Waals surface area (Å²) in [5.41, 5.74) is 4.00. The van der Waals surface area contributed by atoms with Crippen LogP contribution in [0.2, 0.25) is 0 Å². The van der Waals surface area contributed by atoms with Crippen LogP contribution in [-0.4, -0.2) is 44.2 Å². The second-order valence-corrected chi connectivity index (χ2v) is 8.35. The van der Waals surface area contributed by atoms with Crippen LogP contribution in [-0.2, 0) is 18.3 Å². The lowest BCUT2D eigenvalue weighted by Gasteiger charge is -2.29. The van der Waals surface area contributed by atoms with Gasteiger partial charge in [0.1, 0.15) is 0 Å². The fraction of sp³-hybridized carbons (Fsp3) is 0.478. The van der Waals surface area contributed by atoms with Gasteiger partial charge < -0.3 is 4.74 Å². The van der Waals surface area contributed by atoms with Crippen molar-refractivity contribution in [2.24, 2.45) is 12.1 Å². The summed E-state index contributed by atoms with van der Waals surface area (Å²) in [5.74, 6) is 0.550. The minimum absolute atomic E-state index is 0.155. The highest BCUT2D eigenvalue weighted by molar-refractivity contribution is 5.91. The molecule has 3 aromatic rings. The number of anilines is 1. The Bertz CT molecular complexity index is 1330. The quantitative estimate of drug-likeness (QED) is 0.552. The van der Waals surface area contributed by atoms with Gasteiger partial charge in [0.2, 0.25) is 5.95 Å². The number of aryl methyl sites for hydroxylation is 3. The molecule has 0 aliphatic carbocycles. The zero-order valence-electron chi connectivity index (χ0n) is 19.5. The van der Waals surface area contributed by atoms with E-state index in [1.54, 1.807) is 12.1 Å². The van der Waals surface area contributed by atoms with Crippen molar-refractivity contribution in [3.8, 4) is 0 Å². The van der Waals surface area contributed by atoms with Crippen LogP contribution in [0.5, 0.6) is 0 Å². The third kappa shape index (κ3) is 3.56. The Morgan fingerprint density at radius 1 is 1.16 bits per heavy atom. The third-order valence-corrected chi connectivity index (χ3v) is 6.14. The molecule has 170 valence electrons. The molecular formula is C23H30N6O3. The average molecular weight is 439 g/mol. The summed E-state index contributed by atoms with van der Waals surface area (Å²) in [6.45, 7) is 11.7. The lowest BCUT2D eigenvalue weighted by Crippen LogP contribution is -2.40. The molecule has 2 aromatic heterocycles. The number of hydrazone groups is 1. The molecule has 1 aliphatic heterocycles. The van der Waals surface area contributed by atoms with E-state index in [-0.39, 0.29) is 23.8 Å². The molecular weight excluding hydrogens is 408 g/mol. The lowest BCUT2D eigenvalue weighted by molar-refractivity contribution is 0.153. The van der Waals surface area contributed by atoms with Crippen LogP contribution in [0.3, 0.4) is 0 Å². The molecule has 0 fully saturated rings. The molecule has 0 saturated heterocycles. The Hall–Kier alpha value is -3.20. The van der Waals surface area contributed by atoms with Crippen LogP contribution in [0.15, 0.2) is 32.9 Å². The summed E-state index contributed by atoms with van der Waals surface area (Å²) in [6.07, 6.45) is 0. The predicted molar refractivity (Wildman–Crippen MR) is 126 cm³/mol.